The molecule has 1 atom stereocenters. The second kappa shape index (κ2) is 6.17. The van der Waals surface area contributed by atoms with Gasteiger partial charge < -0.3 is 5.32 Å². The first-order valence-electron chi connectivity index (χ1n) is 7.56. The molecule has 1 aliphatic rings. The highest BCUT2D eigenvalue weighted by Crippen LogP contribution is 2.31. The third-order valence-corrected chi connectivity index (χ3v) is 4.29. The Morgan fingerprint density at radius 1 is 1.15 bits per heavy atom. The number of benzene rings is 2. The molecule has 0 aliphatic carbocycles. The number of rotatable bonds is 4. The Kier molecular flexibility index (Phi) is 4.15. The second-order valence-electron chi connectivity index (χ2n) is 5.96. The molecular formula is C17H13F2N3O4. The summed E-state index contributed by atoms with van der Waals surface area (Å²) in [6.45, 7) is 1.01. The fourth-order valence-corrected chi connectivity index (χ4v) is 2.79. The smallest absolute Gasteiger partial charge is 0.319 e. The molecule has 26 heavy (non-hydrogen) atoms. The molecule has 1 aliphatic heterocycles. The number of carbonyl (C=O) groups excluding carboxylic acids is 2. The third kappa shape index (κ3) is 2.77. The first kappa shape index (κ1) is 17.5. The van der Waals surface area contributed by atoms with Crippen LogP contribution in [0.1, 0.15) is 18.1 Å². The van der Waals surface area contributed by atoms with E-state index in [0.29, 0.717) is 5.56 Å². The minimum absolute atomic E-state index is 0.138. The van der Waals surface area contributed by atoms with Crippen molar-refractivity contribution in [3.8, 4) is 0 Å². The summed E-state index contributed by atoms with van der Waals surface area (Å²) in [6.07, 6.45) is 0. The van der Waals surface area contributed by atoms with Crippen LogP contribution < -0.4 is 5.32 Å². The van der Waals surface area contributed by atoms with Crippen molar-refractivity contribution in [1.29, 1.82) is 0 Å². The van der Waals surface area contributed by atoms with Crippen molar-refractivity contribution in [1.82, 2.24) is 10.2 Å². The van der Waals surface area contributed by atoms with Gasteiger partial charge in [0, 0.05) is 17.7 Å². The van der Waals surface area contributed by atoms with Crippen LogP contribution in [0, 0.1) is 21.7 Å². The van der Waals surface area contributed by atoms with Gasteiger partial charge in [-0.15, -0.1) is 0 Å². The Labute approximate surface area is 146 Å². The van der Waals surface area contributed by atoms with Crippen LogP contribution in [-0.4, -0.2) is 21.8 Å². The number of carbonyl (C=O) groups is 2. The SMILES string of the molecule is CC1(c2ccc([N+](=O)[O-])cc2)NC(=O)N(Cc2cccc(F)c2F)C1=O. The number of nitro groups is 1. The molecule has 1 N–H and O–H groups in total. The van der Waals surface area contributed by atoms with E-state index in [1.165, 1.54) is 43.3 Å². The average Bonchev–Trinajstić information content (AvgIpc) is 2.83. The van der Waals surface area contributed by atoms with E-state index in [9.17, 15) is 28.5 Å². The van der Waals surface area contributed by atoms with E-state index >= 15 is 0 Å². The molecular weight excluding hydrogens is 348 g/mol. The van der Waals surface area contributed by atoms with Crippen molar-refractivity contribution in [2.45, 2.75) is 19.0 Å². The Morgan fingerprint density at radius 3 is 2.42 bits per heavy atom. The number of nitrogens with one attached hydrogen (secondary N) is 1. The Balaban J connectivity index is 1.90. The largest absolute Gasteiger partial charge is 0.325 e. The normalized spacial score (nSPS) is 19.6. The predicted octanol–water partition coefficient (Wildman–Crippen LogP) is 2.84. The summed E-state index contributed by atoms with van der Waals surface area (Å²) < 4.78 is 27.2. The van der Waals surface area contributed by atoms with Crippen molar-refractivity contribution >= 4 is 17.6 Å². The molecule has 9 heteroatoms. The van der Waals surface area contributed by atoms with Gasteiger partial charge in [0.15, 0.2) is 11.6 Å². The van der Waals surface area contributed by atoms with E-state index in [4.69, 9.17) is 0 Å². The standard InChI is InChI=1S/C17H13F2N3O4/c1-17(11-5-7-12(8-6-11)22(25)26)15(23)21(16(24)20-17)9-10-3-2-4-13(18)14(10)19/h2-8H,9H2,1H3,(H,20,24). The summed E-state index contributed by atoms with van der Waals surface area (Å²) in [4.78, 5) is 35.9. The Morgan fingerprint density at radius 2 is 1.81 bits per heavy atom. The quantitative estimate of drug-likeness (QED) is 0.515. The molecule has 0 bridgehead atoms. The molecule has 134 valence electrons. The zero-order chi connectivity index (χ0) is 19.1. The highest BCUT2D eigenvalue weighted by molar-refractivity contribution is 6.07. The molecule has 2 aromatic carbocycles. The number of hydrogen-bond donors (Lipinski definition) is 1. The van der Waals surface area contributed by atoms with Crippen molar-refractivity contribution in [3.63, 3.8) is 0 Å². The van der Waals surface area contributed by atoms with E-state index < -0.39 is 40.6 Å². The number of non-ortho nitro benzene ring substituents is 1. The number of nitrogens with zero attached hydrogens (tertiary/aromatic N) is 2. The molecule has 0 saturated carbocycles. The number of urea groups is 1. The number of amides is 3. The van der Waals surface area contributed by atoms with Gasteiger partial charge in [-0.05, 0) is 30.7 Å². The molecule has 2 aromatic rings. The van der Waals surface area contributed by atoms with E-state index in [1.807, 2.05) is 0 Å². The molecule has 1 fully saturated rings. The fraction of sp³-hybridized carbons (Fsp3) is 0.176. The minimum atomic E-state index is -1.46. The molecule has 3 amide bonds. The number of halogens is 2. The first-order chi connectivity index (χ1) is 12.2. The maximum absolute atomic E-state index is 13.8. The molecule has 1 saturated heterocycles. The summed E-state index contributed by atoms with van der Waals surface area (Å²) >= 11 is 0. The predicted molar refractivity (Wildman–Crippen MR) is 85.9 cm³/mol. The van der Waals surface area contributed by atoms with Crippen LogP contribution in [-0.2, 0) is 16.9 Å². The number of imide groups is 1. The highest BCUT2D eigenvalue weighted by atomic mass is 19.2. The monoisotopic (exact) mass is 361 g/mol. The first-order valence-corrected chi connectivity index (χ1v) is 7.56. The van der Waals surface area contributed by atoms with E-state index in [-0.39, 0.29) is 11.3 Å². The summed E-state index contributed by atoms with van der Waals surface area (Å²) in [5.74, 6) is -2.87. The minimum Gasteiger partial charge on any atom is -0.319 e. The fourth-order valence-electron chi connectivity index (χ4n) is 2.79. The van der Waals surface area contributed by atoms with Crippen LogP contribution in [0.15, 0.2) is 42.5 Å². The second-order valence-corrected chi connectivity index (χ2v) is 5.96. The lowest BCUT2D eigenvalue weighted by molar-refractivity contribution is -0.384. The summed E-state index contributed by atoms with van der Waals surface area (Å²) in [5, 5.41) is 13.2. The van der Waals surface area contributed by atoms with Crippen LogP contribution in [0.3, 0.4) is 0 Å². The van der Waals surface area contributed by atoms with Gasteiger partial charge in [0.1, 0.15) is 5.54 Å². The van der Waals surface area contributed by atoms with Crippen LogP contribution in [0.2, 0.25) is 0 Å². The van der Waals surface area contributed by atoms with Gasteiger partial charge in [0.2, 0.25) is 0 Å². The Bertz CT molecular complexity index is 917. The van der Waals surface area contributed by atoms with Crippen molar-refractivity contribution in [3.05, 3.63) is 75.3 Å². The third-order valence-electron chi connectivity index (χ3n) is 4.29. The summed E-state index contributed by atoms with van der Waals surface area (Å²) in [7, 11) is 0. The lowest BCUT2D eigenvalue weighted by Gasteiger charge is -2.22. The van der Waals surface area contributed by atoms with Gasteiger partial charge in [-0.3, -0.25) is 19.8 Å². The molecule has 0 aromatic heterocycles. The molecule has 0 spiro atoms. The molecule has 7 nitrogen and oxygen atoms in total. The maximum atomic E-state index is 13.8. The van der Waals surface area contributed by atoms with Crippen molar-refractivity contribution in [2.24, 2.45) is 0 Å². The number of nitro benzene ring substituents is 1. The van der Waals surface area contributed by atoms with E-state index in [0.717, 1.165) is 11.0 Å². The summed E-state index contributed by atoms with van der Waals surface area (Å²) in [6, 6.07) is 7.89. The molecule has 1 unspecified atom stereocenters. The van der Waals surface area contributed by atoms with Crippen LogP contribution in [0.25, 0.3) is 0 Å². The van der Waals surface area contributed by atoms with Crippen LogP contribution in [0.4, 0.5) is 19.3 Å². The molecule has 1 heterocycles. The van der Waals surface area contributed by atoms with Gasteiger partial charge in [0.05, 0.1) is 11.5 Å². The van der Waals surface area contributed by atoms with Gasteiger partial charge in [0.25, 0.3) is 11.6 Å². The number of hydrogen-bond acceptors (Lipinski definition) is 4. The van der Waals surface area contributed by atoms with E-state index in [2.05, 4.69) is 5.32 Å². The summed E-state index contributed by atoms with van der Waals surface area (Å²) in [5.41, 5.74) is -1.42. The average molecular weight is 361 g/mol. The van der Waals surface area contributed by atoms with Crippen molar-refractivity contribution in [2.75, 3.05) is 0 Å². The Hall–Kier alpha value is -3.36. The molecule has 0 radical (unpaired) electrons. The van der Waals surface area contributed by atoms with Gasteiger partial charge in [-0.25, -0.2) is 13.6 Å². The van der Waals surface area contributed by atoms with Crippen LogP contribution >= 0.6 is 0 Å². The topological polar surface area (TPSA) is 92.6 Å². The van der Waals surface area contributed by atoms with Crippen LogP contribution in [0.5, 0.6) is 0 Å². The lowest BCUT2D eigenvalue weighted by Crippen LogP contribution is -2.40. The highest BCUT2D eigenvalue weighted by Gasteiger charge is 2.49. The van der Waals surface area contributed by atoms with Gasteiger partial charge >= 0.3 is 6.03 Å². The molecule has 3 rings (SSSR count). The van der Waals surface area contributed by atoms with E-state index in [1.54, 1.807) is 0 Å². The maximum Gasteiger partial charge on any atom is 0.325 e. The lowest BCUT2D eigenvalue weighted by atomic mass is 9.92. The van der Waals surface area contributed by atoms with Gasteiger partial charge in [-0.2, -0.15) is 0 Å². The van der Waals surface area contributed by atoms with Crippen molar-refractivity contribution < 1.29 is 23.3 Å². The van der Waals surface area contributed by atoms with Gasteiger partial charge in [-0.1, -0.05) is 12.1 Å². The zero-order valence-corrected chi connectivity index (χ0v) is 13.5. The zero-order valence-electron chi connectivity index (χ0n) is 13.5.